The Kier molecular flexibility index (Phi) is 4.32. The van der Waals surface area contributed by atoms with Crippen molar-refractivity contribution in [3.63, 3.8) is 0 Å². The summed E-state index contributed by atoms with van der Waals surface area (Å²) in [6.07, 6.45) is 1.07. The first-order chi connectivity index (χ1) is 10.4. The summed E-state index contributed by atoms with van der Waals surface area (Å²) in [5.74, 6) is 0.502. The average Bonchev–Trinajstić information content (AvgIpc) is 2.55. The molecule has 0 saturated carbocycles. The minimum atomic E-state index is 0.502. The highest BCUT2D eigenvalue weighted by molar-refractivity contribution is 5.83. The van der Waals surface area contributed by atoms with Crippen molar-refractivity contribution in [2.45, 2.75) is 12.3 Å². The molecule has 0 bridgehead atoms. The van der Waals surface area contributed by atoms with Gasteiger partial charge in [-0.3, -0.25) is 0 Å². The molecule has 0 aliphatic rings. The molecule has 3 aromatic carbocycles. The summed E-state index contributed by atoms with van der Waals surface area (Å²) in [5, 5.41) is 5.97. The summed E-state index contributed by atoms with van der Waals surface area (Å²) in [7, 11) is 2.03. The lowest BCUT2D eigenvalue weighted by molar-refractivity contribution is 0.626. The minimum Gasteiger partial charge on any atom is -0.319 e. The maximum atomic E-state index is 3.33. The number of hydrogen-bond acceptors (Lipinski definition) is 1. The van der Waals surface area contributed by atoms with Crippen LogP contribution in [-0.4, -0.2) is 13.6 Å². The van der Waals surface area contributed by atoms with Crippen LogP contribution in [0.15, 0.2) is 72.8 Å². The Hall–Kier alpha value is -2.12. The second kappa shape index (κ2) is 6.55. The lowest BCUT2D eigenvalue weighted by atomic mass is 9.90. The van der Waals surface area contributed by atoms with Crippen LogP contribution in [0.4, 0.5) is 0 Å². The number of likely N-dealkylation sites (N-methyl/N-ethyl adjacent to an activating group) is 1. The Morgan fingerprint density at radius 2 is 1.52 bits per heavy atom. The molecule has 0 aliphatic carbocycles. The van der Waals surface area contributed by atoms with Crippen molar-refractivity contribution >= 4 is 10.8 Å². The fourth-order valence-corrected chi connectivity index (χ4v) is 2.91. The van der Waals surface area contributed by atoms with Crippen LogP contribution < -0.4 is 5.32 Å². The van der Waals surface area contributed by atoms with Gasteiger partial charge in [0.25, 0.3) is 0 Å². The van der Waals surface area contributed by atoms with E-state index < -0.39 is 0 Å². The maximum absolute atomic E-state index is 3.33. The van der Waals surface area contributed by atoms with E-state index in [0.717, 1.165) is 13.0 Å². The second-order valence-corrected chi connectivity index (χ2v) is 5.55. The SMILES string of the molecule is CNC[C@@H](Cc1ccccc1)c1ccc2ccccc2c1. The Bertz CT molecular complexity index is 703. The zero-order chi connectivity index (χ0) is 14.5. The summed E-state index contributed by atoms with van der Waals surface area (Å²) in [4.78, 5) is 0. The standard InChI is InChI=1S/C20H21N/c1-21-15-20(13-16-7-3-2-4-8-16)19-12-11-17-9-5-6-10-18(17)14-19/h2-12,14,20-21H,13,15H2,1H3/t20-/m1/s1. The predicted molar refractivity (Wildman–Crippen MR) is 90.8 cm³/mol. The Morgan fingerprint density at radius 3 is 2.29 bits per heavy atom. The summed E-state index contributed by atoms with van der Waals surface area (Å²) in [6, 6.07) is 26.1. The lowest BCUT2D eigenvalue weighted by Gasteiger charge is -2.18. The largest absolute Gasteiger partial charge is 0.319 e. The molecule has 3 rings (SSSR count). The quantitative estimate of drug-likeness (QED) is 0.728. The van der Waals surface area contributed by atoms with Crippen molar-refractivity contribution in [2.75, 3.05) is 13.6 Å². The molecular formula is C20H21N. The topological polar surface area (TPSA) is 12.0 Å². The Labute approximate surface area is 126 Å². The number of fused-ring (bicyclic) bond motifs is 1. The molecule has 21 heavy (non-hydrogen) atoms. The third-order valence-corrected chi connectivity index (χ3v) is 4.02. The van der Waals surface area contributed by atoms with E-state index in [2.05, 4.69) is 78.1 Å². The molecule has 1 heteroatoms. The van der Waals surface area contributed by atoms with Gasteiger partial charge in [-0.15, -0.1) is 0 Å². The van der Waals surface area contributed by atoms with Crippen molar-refractivity contribution in [3.8, 4) is 0 Å². The summed E-state index contributed by atoms with van der Waals surface area (Å²) < 4.78 is 0. The average molecular weight is 275 g/mol. The number of benzene rings is 3. The van der Waals surface area contributed by atoms with Gasteiger partial charge in [0.15, 0.2) is 0 Å². The molecule has 0 aromatic heterocycles. The first-order valence-electron chi connectivity index (χ1n) is 7.54. The van der Waals surface area contributed by atoms with E-state index in [-0.39, 0.29) is 0 Å². The fraction of sp³-hybridized carbons (Fsp3) is 0.200. The Balaban J connectivity index is 1.91. The normalized spacial score (nSPS) is 12.4. The Morgan fingerprint density at radius 1 is 0.810 bits per heavy atom. The van der Waals surface area contributed by atoms with Crippen LogP contribution in [0, 0.1) is 0 Å². The van der Waals surface area contributed by atoms with Gasteiger partial charge in [-0.05, 0) is 35.4 Å². The fourth-order valence-electron chi connectivity index (χ4n) is 2.91. The van der Waals surface area contributed by atoms with Crippen LogP contribution in [0.3, 0.4) is 0 Å². The van der Waals surface area contributed by atoms with Gasteiger partial charge in [-0.25, -0.2) is 0 Å². The molecule has 0 spiro atoms. The molecule has 0 saturated heterocycles. The van der Waals surface area contributed by atoms with Crippen molar-refractivity contribution in [2.24, 2.45) is 0 Å². The van der Waals surface area contributed by atoms with Gasteiger partial charge in [-0.1, -0.05) is 72.8 Å². The van der Waals surface area contributed by atoms with E-state index in [4.69, 9.17) is 0 Å². The molecule has 0 heterocycles. The highest BCUT2D eigenvalue weighted by Gasteiger charge is 2.12. The van der Waals surface area contributed by atoms with Crippen molar-refractivity contribution in [1.82, 2.24) is 5.32 Å². The third kappa shape index (κ3) is 3.32. The molecular weight excluding hydrogens is 254 g/mol. The van der Waals surface area contributed by atoms with Gasteiger partial charge in [-0.2, -0.15) is 0 Å². The summed E-state index contributed by atoms with van der Waals surface area (Å²) >= 11 is 0. The van der Waals surface area contributed by atoms with Gasteiger partial charge in [0.05, 0.1) is 0 Å². The number of rotatable bonds is 5. The summed E-state index contributed by atoms with van der Waals surface area (Å²) in [5.41, 5.74) is 2.80. The first kappa shape index (κ1) is 13.8. The maximum Gasteiger partial charge on any atom is 0.00203 e. The second-order valence-electron chi connectivity index (χ2n) is 5.55. The van der Waals surface area contributed by atoms with Crippen LogP contribution in [0.5, 0.6) is 0 Å². The van der Waals surface area contributed by atoms with Gasteiger partial charge in [0, 0.05) is 12.5 Å². The molecule has 0 fully saturated rings. The van der Waals surface area contributed by atoms with E-state index in [9.17, 15) is 0 Å². The highest BCUT2D eigenvalue weighted by atomic mass is 14.8. The molecule has 0 unspecified atom stereocenters. The lowest BCUT2D eigenvalue weighted by Crippen LogP contribution is -2.19. The van der Waals surface area contributed by atoms with Crippen molar-refractivity contribution in [1.29, 1.82) is 0 Å². The number of nitrogens with one attached hydrogen (secondary N) is 1. The predicted octanol–water partition coefficient (Wildman–Crippen LogP) is 4.39. The summed E-state index contributed by atoms with van der Waals surface area (Å²) in [6.45, 7) is 0.993. The highest BCUT2D eigenvalue weighted by Crippen LogP contribution is 2.24. The van der Waals surface area contributed by atoms with Crippen LogP contribution in [0.1, 0.15) is 17.0 Å². The van der Waals surface area contributed by atoms with E-state index in [0.29, 0.717) is 5.92 Å². The van der Waals surface area contributed by atoms with E-state index in [1.807, 2.05) is 7.05 Å². The van der Waals surface area contributed by atoms with Gasteiger partial charge < -0.3 is 5.32 Å². The monoisotopic (exact) mass is 275 g/mol. The minimum absolute atomic E-state index is 0.502. The zero-order valence-electron chi connectivity index (χ0n) is 12.4. The number of hydrogen-bond donors (Lipinski definition) is 1. The van der Waals surface area contributed by atoms with Gasteiger partial charge in [0.2, 0.25) is 0 Å². The van der Waals surface area contributed by atoms with Crippen molar-refractivity contribution in [3.05, 3.63) is 83.9 Å². The van der Waals surface area contributed by atoms with E-state index in [1.165, 1.54) is 21.9 Å². The molecule has 1 N–H and O–H groups in total. The molecule has 106 valence electrons. The van der Waals surface area contributed by atoms with Crippen LogP contribution in [0.25, 0.3) is 10.8 Å². The van der Waals surface area contributed by atoms with Crippen LogP contribution in [-0.2, 0) is 6.42 Å². The molecule has 1 nitrogen and oxygen atoms in total. The van der Waals surface area contributed by atoms with Crippen molar-refractivity contribution < 1.29 is 0 Å². The smallest absolute Gasteiger partial charge is 0.00203 e. The molecule has 3 aromatic rings. The molecule has 0 amide bonds. The van der Waals surface area contributed by atoms with Crippen LogP contribution >= 0.6 is 0 Å². The zero-order valence-corrected chi connectivity index (χ0v) is 12.4. The van der Waals surface area contributed by atoms with Crippen LogP contribution in [0.2, 0.25) is 0 Å². The van der Waals surface area contributed by atoms with E-state index in [1.54, 1.807) is 0 Å². The molecule has 0 radical (unpaired) electrons. The molecule has 1 atom stereocenters. The van der Waals surface area contributed by atoms with Gasteiger partial charge in [0.1, 0.15) is 0 Å². The van der Waals surface area contributed by atoms with Gasteiger partial charge >= 0.3 is 0 Å². The first-order valence-corrected chi connectivity index (χ1v) is 7.54. The third-order valence-electron chi connectivity index (χ3n) is 4.02. The van der Waals surface area contributed by atoms with E-state index >= 15 is 0 Å². The molecule has 0 aliphatic heterocycles.